The van der Waals surface area contributed by atoms with Crippen molar-refractivity contribution in [1.29, 1.82) is 0 Å². The van der Waals surface area contributed by atoms with Crippen LogP contribution >= 0.6 is 39.9 Å². The molecular formula is C8H6BBrO2S2. The second-order valence-electron chi connectivity index (χ2n) is 2.83. The molecule has 1 aromatic heterocycles. The van der Waals surface area contributed by atoms with Crippen molar-refractivity contribution in [2.45, 2.75) is 4.90 Å². The molecule has 2 N–H and O–H groups in total. The first-order chi connectivity index (χ1) is 6.61. The van der Waals surface area contributed by atoms with E-state index in [1.165, 1.54) is 0 Å². The molecule has 0 atom stereocenters. The molecule has 0 aliphatic heterocycles. The number of rotatable bonds is 1. The fourth-order valence-electron chi connectivity index (χ4n) is 1.30. The van der Waals surface area contributed by atoms with Gasteiger partial charge in [0.05, 0.1) is 0 Å². The number of fused-ring (bicyclic) bond motifs is 1. The maximum Gasteiger partial charge on any atom is 0.489 e. The van der Waals surface area contributed by atoms with E-state index in [4.69, 9.17) is 10.0 Å². The van der Waals surface area contributed by atoms with Crippen LogP contribution in [-0.2, 0) is 0 Å². The highest BCUT2D eigenvalue weighted by atomic mass is 79.9. The zero-order valence-electron chi connectivity index (χ0n) is 6.94. The number of hydrogen-bond donors (Lipinski definition) is 3. The largest absolute Gasteiger partial charge is 0.489 e. The monoisotopic (exact) mass is 288 g/mol. The Kier molecular flexibility index (Phi) is 2.90. The van der Waals surface area contributed by atoms with Crippen LogP contribution in [0.2, 0.25) is 0 Å². The van der Waals surface area contributed by atoms with Crippen molar-refractivity contribution in [3.63, 3.8) is 0 Å². The molecule has 0 saturated carbocycles. The minimum absolute atomic E-state index is 0.430. The van der Waals surface area contributed by atoms with Crippen molar-refractivity contribution in [3.05, 3.63) is 22.0 Å². The van der Waals surface area contributed by atoms with E-state index in [-0.39, 0.29) is 0 Å². The van der Waals surface area contributed by atoms with Gasteiger partial charge in [0.1, 0.15) is 0 Å². The molecule has 0 aliphatic carbocycles. The molecule has 0 fully saturated rings. The van der Waals surface area contributed by atoms with E-state index in [1.54, 1.807) is 17.4 Å². The fourth-order valence-corrected chi connectivity index (χ4v) is 3.61. The fraction of sp³-hybridized carbons (Fsp3) is 0. The Morgan fingerprint density at radius 1 is 1.36 bits per heavy atom. The summed E-state index contributed by atoms with van der Waals surface area (Å²) in [6.45, 7) is 0. The van der Waals surface area contributed by atoms with Gasteiger partial charge in [-0.3, -0.25) is 0 Å². The lowest BCUT2D eigenvalue weighted by atomic mass is 9.80. The van der Waals surface area contributed by atoms with Crippen LogP contribution < -0.4 is 5.46 Å². The highest BCUT2D eigenvalue weighted by Gasteiger charge is 2.17. The van der Waals surface area contributed by atoms with Gasteiger partial charge in [0.15, 0.2) is 0 Å². The first-order valence-corrected chi connectivity index (χ1v) is 5.98. The van der Waals surface area contributed by atoms with Crippen LogP contribution in [0.25, 0.3) is 10.1 Å². The normalized spacial score (nSPS) is 10.9. The van der Waals surface area contributed by atoms with Crippen LogP contribution in [0, 0.1) is 0 Å². The molecule has 0 saturated heterocycles. The lowest BCUT2D eigenvalue weighted by Crippen LogP contribution is -2.31. The summed E-state index contributed by atoms with van der Waals surface area (Å²) in [5.41, 5.74) is 0.430. The van der Waals surface area contributed by atoms with Crippen molar-refractivity contribution < 1.29 is 10.0 Å². The SMILES string of the molecule is OB(O)c1ccc2scc(Br)c2c1S. The van der Waals surface area contributed by atoms with E-state index in [0.717, 1.165) is 14.6 Å². The van der Waals surface area contributed by atoms with Gasteiger partial charge in [-0.25, -0.2) is 0 Å². The smallest absolute Gasteiger partial charge is 0.423 e. The number of thiophene rings is 1. The van der Waals surface area contributed by atoms with E-state index in [9.17, 15) is 0 Å². The van der Waals surface area contributed by atoms with Gasteiger partial charge in [-0.1, -0.05) is 6.07 Å². The van der Waals surface area contributed by atoms with Crippen LogP contribution in [0.1, 0.15) is 0 Å². The second kappa shape index (κ2) is 3.86. The third kappa shape index (κ3) is 1.61. The zero-order valence-corrected chi connectivity index (χ0v) is 10.2. The van der Waals surface area contributed by atoms with Gasteiger partial charge < -0.3 is 10.0 Å². The standard InChI is InChI=1S/C8H6BBrO2S2/c10-5-3-14-6-2-1-4(9(11)12)8(13)7(5)6/h1-3,11-13H. The van der Waals surface area contributed by atoms with Gasteiger partial charge >= 0.3 is 7.12 Å². The summed E-state index contributed by atoms with van der Waals surface area (Å²) < 4.78 is 2.01. The number of hydrogen-bond acceptors (Lipinski definition) is 4. The third-order valence-electron chi connectivity index (χ3n) is 1.98. The minimum Gasteiger partial charge on any atom is -0.423 e. The molecule has 2 rings (SSSR count). The van der Waals surface area contributed by atoms with Crippen molar-refractivity contribution in [3.8, 4) is 0 Å². The molecule has 1 heterocycles. The Morgan fingerprint density at radius 3 is 2.71 bits per heavy atom. The summed E-state index contributed by atoms with van der Waals surface area (Å²) >= 11 is 9.28. The molecule has 6 heteroatoms. The summed E-state index contributed by atoms with van der Waals surface area (Å²) in [5.74, 6) is 0. The molecule has 0 radical (unpaired) electrons. The molecule has 2 aromatic rings. The Labute approximate surface area is 99.3 Å². The van der Waals surface area contributed by atoms with Crippen molar-refractivity contribution in [2.24, 2.45) is 0 Å². The van der Waals surface area contributed by atoms with Crippen molar-refractivity contribution in [2.75, 3.05) is 0 Å². The molecule has 0 amide bonds. The molecule has 0 bridgehead atoms. The van der Waals surface area contributed by atoms with Crippen LogP contribution in [0.3, 0.4) is 0 Å². The highest BCUT2D eigenvalue weighted by molar-refractivity contribution is 9.10. The molecule has 0 spiro atoms. The number of halogens is 1. The molecule has 0 aliphatic rings. The Hall–Kier alpha value is -0.00506. The lowest BCUT2D eigenvalue weighted by molar-refractivity contribution is 0.425. The van der Waals surface area contributed by atoms with E-state index in [1.807, 2.05) is 11.4 Å². The molecule has 72 valence electrons. The van der Waals surface area contributed by atoms with Gasteiger partial charge in [0.2, 0.25) is 0 Å². The quantitative estimate of drug-likeness (QED) is 0.551. The van der Waals surface area contributed by atoms with E-state index >= 15 is 0 Å². The highest BCUT2D eigenvalue weighted by Crippen LogP contribution is 2.33. The van der Waals surface area contributed by atoms with Crippen molar-refractivity contribution in [1.82, 2.24) is 0 Å². The summed E-state index contributed by atoms with van der Waals surface area (Å²) in [6, 6.07) is 3.54. The van der Waals surface area contributed by atoms with Crippen LogP contribution in [0.4, 0.5) is 0 Å². The summed E-state index contributed by atoms with van der Waals surface area (Å²) in [5, 5.41) is 21.1. The summed E-state index contributed by atoms with van der Waals surface area (Å²) in [7, 11) is -1.47. The predicted octanol–water partition coefficient (Wildman–Crippen LogP) is 1.63. The maximum atomic E-state index is 9.09. The Balaban J connectivity index is 2.79. The van der Waals surface area contributed by atoms with E-state index < -0.39 is 7.12 Å². The predicted molar refractivity (Wildman–Crippen MR) is 66.6 cm³/mol. The minimum atomic E-state index is -1.47. The van der Waals surface area contributed by atoms with Gasteiger partial charge in [0, 0.05) is 24.8 Å². The summed E-state index contributed by atoms with van der Waals surface area (Å²) in [4.78, 5) is 0.616. The van der Waals surface area contributed by atoms with E-state index in [2.05, 4.69) is 28.6 Å². The van der Waals surface area contributed by atoms with Crippen LogP contribution in [-0.4, -0.2) is 17.2 Å². The first kappa shape index (κ1) is 10.5. The molecular weight excluding hydrogens is 283 g/mol. The van der Waals surface area contributed by atoms with Gasteiger partial charge in [-0.2, -0.15) is 0 Å². The second-order valence-corrected chi connectivity index (χ2v) is 5.05. The van der Waals surface area contributed by atoms with E-state index in [0.29, 0.717) is 10.4 Å². The van der Waals surface area contributed by atoms with Gasteiger partial charge in [0.25, 0.3) is 0 Å². The maximum absolute atomic E-state index is 9.09. The van der Waals surface area contributed by atoms with Crippen LogP contribution in [0.5, 0.6) is 0 Å². The number of thiol groups is 1. The van der Waals surface area contributed by atoms with Gasteiger partial charge in [-0.05, 0) is 27.5 Å². The lowest BCUT2D eigenvalue weighted by Gasteiger charge is -2.04. The van der Waals surface area contributed by atoms with Gasteiger partial charge in [-0.15, -0.1) is 24.0 Å². The Bertz CT molecular complexity index is 483. The molecule has 0 unspecified atom stereocenters. The Morgan fingerprint density at radius 2 is 2.07 bits per heavy atom. The zero-order chi connectivity index (χ0) is 10.3. The average molecular weight is 289 g/mol. The molecule has 14 heavy (non-hydrogen) atoms. The molecule has 2 nitrogen and oxygen atoms in total. The summed E-state index contributed by atoms with van der Waals surface area (Å²) in [6.07, 6.45) is 0. The third-order valence-corrected chi connectivity index (χ3v) is 4.34. The topological polar surface area (TPSA) is 40.5 Å². The van der Waals surface area contributed by atoms with Crippen molar-refractivity contribution >= 4 is 62.6 Å². The molecule has 1 aromatic carbocycles. The van der Waals surface area contributed by atoms with Crippen LogP contribution in [0.15, 0.2) is 26.9 Å². The number of benzene rings is 1. The average Bonchev–Trinajstić information content (AvgIpc) is 2.48. The first-order valence-electron chi connectivity index (χ1n) is 3.86.